The molecule has 5 nitrogen and oxygen atoms in total. The Morgan fingerprint density at radius 3 is 2.95 bits per heavy atom. The average molecular weight is 265 g/mol. The van der Waals surface area contributed by atoms with Crippen LogP contribution in [-0.4, -0.2) is 49.3 Å². The predicted octanol–water partition coefficient (Wildman–Crippen LogP) is 1.65. The van der Waals surface area contributed by atoms with Crippen LogP contribution in [0.3, 0.4) is 0 Å². The monoisotopic (exact) mass is 265 g/mol. The fourth-order valence-corrected chi connectivity index (χ4v) is 2.20. The summed E-state index contributed by atoms with van der Waals surface area (Å²) in [6, 6.07) is 4.67. The summed E-state index contributed by atoms with van der Waals surface area (Å²) in [5.41, 5.74) is 0.279. The van der Waals surface area contributed by atoms with Gasteiger partial charge in [0.2, 0.25) is 0 Å². The molecular formula is C14H19NO4. The van der Waals surface area contributed by atoms with Crippen molar-refractivity contribution in [3.05, 3.63) is 23.8 Å². The van der Waals surface area contributed by atoms with Gasteiger partial charge in [-0.25, -0.2) is 0 Å². The molecule has 104 valence electrons. The highest BCUT2D eigenvalue weighted by Gasteiger charge is 2.22. The van der Waals surface area contributed by atoms with Crippen LogP contribution in [0.4, 0.5) is 0 Å². The van der Waals surface area contributed by atoms with Gasteiger partial charge in [0.1, 0.15) is 11.5 Å². The summed E-state index contributed by atoms with van der Waals surface area (Å²) in [6.07, 6.45) is 2.13. The molecule has 19 heavy (non-hydrogen) atoms. The zero-order chi connectivity index (χ0) is 13.8. The van der Waals surface area contributed by atoms with E-state index in [2.05, 4.69) is 0 Å². The molecule has 1 fully saturated rings. The van der Waals surface area contributed by atoms with Gasteiger partial charge >= 0.3 is 0 Å². The SMILES string of the molecule is COc1ccc(C(=O)N(C)CC2CCCO2)c(O)c1. The molecule has 1 amide bonds. The summed E-state index contributed by atoms with van der Waals surface area (Å²) >= 11 is 0. The lowest BCUT2D eigenvalue weighted by molar-refractivity contribution is 0.0585. The summed E-state index contributed by atoms with van der Waals surface area (Å²) < 4.78 is 10.5. The number of carbonyl (C=O) groups excluding carboxylic acids is 1. The number of carbonyl (C=O) groups is 1. The van der Waals surface area contributed by atoms with Crippen molar-refractivity contribution in [2.24, 2.45) is 0 Å². The highest BCUT2D eigenvalue weighted by Crippen LogP contribution is 2.24. The molecule has 1 aliphatic rings. The van der Waals surface area contributed by atoms with Crippen molar-refractivity contribution >= 4 is 5.91 Å². The van der Waals surface area contributed by atoms with E-state index in [1.807, 2.05) is 0 Å². The lowest BCUT2D eigenvalue weighted by atomic mass is 10.1. The molecule has 0 aromatic heterocycles. The van der Waals surface area contributed by atoms with Crippen molar-refractivity contribution in [1.29, 1.82) is 0 Å². The zero-order valence-electron chi connectivity index (χ0n) is 11.3. The van der Waals surface area contributed by atoms with Crippen molar-refractivity contribution in [3.8, 4) is 11.5 Å². The van der Waals surface area contributed by atoms with E-state index in [0.717, 1.165) is 19.4 Å². The lowest BCUT2D eigenvalue weighted by Crippen LogP contribution is -2.34. The fourth-order valence-electron chi connectivity index (χ4n) is 2.20. The number of phenols is 1. The summed E-state index contributed by atoms with van der Waals surface area (Å²) in [6.45, 7) is 1.31. The summed E-state index contributed by atoms with van der Waals surface area (Å²) in [7, 11) is 3.23. The first-order valence-electron chi connectivity index (χ1n) is 6.36. The second kappa shape index (κ2) is 5.93. The lowest BCUT2D eigenvalue weighted by Gasteiger charge is -2.21. The van der Waals surface area contributed by atoms with Crippen LogP contribution < -0.4 is 4.74 Å². The predicted molar refractivity (Wildman–Crippen MR) is 70.6 cm³/mol. The maximum atomic E-state index is 12.2. The van der Waals surface area contributed by atoms with E-state index < -0.39 is 0 Å². The smallest absolute Gasteiger partial charge is 0.257 e. The Labute approximate surface area is 112 Å². The van der Waals surface area contributed by atoms with Crippen LogP contribution in [-0.2, 0) is 4.74 Å². The maximum absolute atomic E-state index is 12.2. The van der Waals surface area contributed by atoms with E-state index in [1.54, 1.807) is 24.1 Å². The molecule has 1 atom stereocenters. The number of rotatable bonds is 4. The van der Waals surface area contributed by atoms with E-state index in [1.165, 1.54) is 13.2 Å². The standard InChI is InChI=1S/C14H19NO4/c1-15(9-11-4-3-7-19-11)14(17)12-6-5-10(18-2)8-13(12)16/h5-6,8,11,16H,3-4,7,9H2,1-2H3. The number of ether oxygens (including phenoxy) is 2. The van der Waals surface area contributed by atoms with Gasteiger partial charge in [-0.15, -0.1) is 0 Å². The number of likely N-dealkylation sites (N-methyl/N-ethyl adjacent to an activating group) is 1. The number of nitrogens with zero attached hydrogens (tertiary/aromatic N) is 1. The van der Waals surface area contributed by atoms with Gasteiger partial charge in [-0.05, 0) is 25.0 Å². The van der Waals surface area contributed by atoms with E-state index >= 15 is 0 Å². The van der Waals surface area contributed by atoms with E-state index in [4.69, 9.17) is 9.47 Å². The van der Waals surface area contributed by atoms with Crippen molar-refractivity contribution in [2.45, 2.75) is 18.9 Å². The summed E-state index contributed by atoms with van der Waals surface area (Å²) in [5.74, 6) is 0.245. The van der Waals surface area contributed by atoms with Crippen molar-refractivity contribution < 1.29 is 19.4 Å². The fraction of sp³-hybridized carbons (Fsp3) is 0.500. The Balaban J connectivity index is 2.05. The topological polar surface area (TPSA) is 59.0 Å². The molecule has 2 rings (SSSR count). The van der Waals surface area contributed by atoms with Crippen LogP contribution in [0.15, 0.2) is 18.2 Å². The Bertz CT molecular complexity index is 455. The highest BCUT2D eigenvalue weighted by atomic mass is 16.5. The Hall–Kier alpha value is -1.75. The first-order chi connectivity index (χ1) is 9.11. The third-order valence-corrected chi connectivity index (χ3v) is 3.28. The summed E-state index contributed by atoms with van der Waals surface area (Å²) in [4.78, 5) is 13.8. The first-order valence-corrected chi connectivity index (χ1v) is 6.36. The molecule has 5 heteroatoms. The molecule has 1 aliphatic heterocycles. The third-order valence-electron chi connectivity index (χ3n) is 3.28. The molecule has 1 aromatic rings. The summed E-state index contributed by atoms with van der Waals surface area (Å²) in [5, 5.41) is 9.84. The van der Waals surface area contributed by atoms with Gasteiger partial charge in [-0.1, -0.05) is 0 Å². The van der Waals surface area contributed by atoms with Crippen LogP contribution in [0.5, 0.6) is 11.5 Å². The minimum Gasteiger partial charge on any atom is -0.507 e. The number of phenolic OH excluding ortho intramolecular Hbond substituents is 1. The molecule has 0 aliphatic carbocycles. The molecule has 0 radical (unpaired) electrons. The third kappa shape index (κ3) is 3.17. The largest absolute Gasteiger partial charge is 0.507 e. The van der Waals surface area contributed by atoms with Crippen molar-refractivity contribution in [1.82, 2.24) is 4.90 Å². The van der Waals surface area contributed by atoms with Gasteiger partial charge in [-0.3, -0.25) is 4.79 Å². The van der Waals surface area contributed by atoms with Crippen LogP contribution >= 0.6 is 0 Å². The van der Waals surface area contributed by atoms with Gasteiger partial charge in [0, 0.05) is 26.3 Å². The van der Waals surface area contributed by atoms with Crippen LogP contribution in [0.1, 0.15) is 23.2 Å². The first kappa shape index (κ1) is 13.7. The quantitative estimate of drug-likeness (QED) is 0.899. The zero-order valence-corrected chi connectivity index (χ0v) is 11.3. The number of hydrogen-bond acceptors (Lipinski definition) is 4. The van der Waals surface area contributed by atoms with E-state index in [0.29, 0.717) is 12.3 Å². The number of hydrogen-bond donors (Lipinski definition) is 1. The molecule has 1 aromatic carbocycles. The van der Waals surface area contributed by atoms with Gasteiger partial charge in [0.15, 0.2) is 0 Å². The Morgan fingerprint density at radius 2 is 2.37 bits per heavy atom. The van der Waals surface area contributed by atoms with Crippen LogP contribution in [0, 0.1) is 0 Å². The minimum absolute atomic E-state index is 0.0662. The Kier molecular flexibility index (Phi) is 4.27. The number of amides is 1. The minimum atomic E-state index is -0.212. The second-order valence-electron chi connectivity index (χ2n) is 4.70. The van der Waals surface area contributed by atoms with Gasteiger partial charge < -0.3 is 19.5 Å². The molecule has 0 bridgehead atoms. The molecule has 1 heterocycles. The number of benzene rings is 1. The number of aromatic hydroxyl groups is 1. The van der Waals surface area contributed by atoms with Crippen LogP contribution in [0.2, 0.25) is 0 Å². The normalized spacial score (nSPS) is 18.3. The molecule has 1 saturated heterocycles. The second-order valence-corrected chi connectivity index (χ2v) is 4.70. The van der Waals surface area contributed by atoms with Crippen molar-refractivity contribution in [2.75, 3.05) is 27.3 Å². The van der Waals surface area contributed by atoms with Gasteiger partial charge in [0.25, 0.3) is 5.91 Å². The molecule has 0 saturated carbocycles. The van der Waals surface area contributed by atoms with Crippen LogP contribution in [0.25, 0.3) is 0 Å². The molecular weight excluding hydrogens is 246 g/mol. The van der Waals surface area contributed by atoms with Gasteiger partial charge in [0.05, 0.1) is 18.8 Å². The molecule has 1 unspecified atom stereocenters. The van der Waals surface area contributed by atoms with Crippen molar-refractivity contribution in [3.63, 3.8) is 0 Å². The molecule has 1 N–H and O–H groups in total. The van der Waals surface area contributed by atoms with E-state index in [9.17, 15) is 9.90 Å². The maximum Gasteiger partial charge on any atom is 0.257 e. The van der Waals surface area contributed by atoms with Gasteiger partial charge in [-0.2, -0.15) is 0 Å². The Morgan fingerprint density at radius 1 is 1.58 bits per heavy atom. The average Bonchev–Trinajstić information content (AvgIpc) is 2.90. The molecule has 0 spiro atoms. The highest BCUT2D eigenvalue weighted by molar-refractivity contribution is 5.96. The number of methoxy groups -OCH3 is 1. The van der Waals surface area contributed by atoms with E-state index in [-0.39, 0.29) is 23.3 Å².